The van der Waals surface area contributed by atoms with Crippen LogP contribution >= 0.6 is 0 Å². The minimum Gasteiger partial charge on any atom is -0.366 e. The first-order chi connectivity index (χ1) is 5.41. The second-order valence-corrected chi connectivity index (χ2v) is 9.51. The van der Waals surface area contributed by atoms with Gasteiger partial charge < -0.3 is 4.52 Å². The first kappa shape index (κ1) is 9.51. The number of hydrogen-bond donors (Lipinski definition) is 0. The van der Waals surface area contributed by atoms with Crippen LogP contribution in [0.3, 0.4) is 0 Å². The highest BCUT2D eigenvalue weighted by atomic mass is 28.3. The van der Waals surface area contributed by atoms with Crippen molar-refractivity contribution in [1.82, 2.24) is 5.16 Å². The van der Waals surface area contributed by atoms with Crippen LogP contribution in [0.15, 0.2) is 10.6 Å². The maximum absolute atomic E-state index is 5.30. The second-order valence-electron chi connectivity index (χ2n) is 4.52. The Kier molecular flexibility index (Phi) is 2.42. The van der Waals surface area contributed by atoms with Gasteiger partial charge in [-0.2, -0.15) is 0 Å². The predicted octanol–water partition coefficient (Wildman–Crippen LogP) is 2.34. The Morgan fingerprint density at radius 3 is 2.17 bits per heavy atom. The van der Waals surface area contributed by atoms with E-state index in [1.165, 1.54) is 0 Å². The molecule has 0 radical (unpaired) electrons. The number of rotatable bonds is 2. The zero-order chi connectivity index (χ0) is 9.35. The second kappa shape index (κ2) is 3.05. The molecule has 0 saturated carbocycles. The molecule has 12 heavy (non-hydrogen) atoms. The van der Waals surface area contributed by atoms with Crippen molar-refractivity contribution in [2.75, 3.05) is 0 Å². The van der Waals surface area contributed by atoms with E-state index in [0.717, 1.165) is 11.1 Å². The minimum absolute atomic E-state index is 0.471. The molecule has 0 fully saturated rings. The molecular formula is C9H17NOSi. The van der Waals surface area contributed by atoms with Crippen molar-refractivity contribution in [3.63, 3.8) is 0 Å². The third-order valence-corrected chi connectivity index (χ3v) is 3.57. The summed E-state index contributed by atoms with van der Waals surface area (Å²) >= 11 is 0. The number of hydrogen-bond acceptors (Lipinski definition) is 2. The van der Waals surface area contributed by atoms with E-state index in [0.29, 0.717) is 5.92 Å². The third-order valence-electron chi connectivity index (χ3n) is 1.86. The summed E-state index contributed by atoms with van der Waals surface area (Å²) < 4.78 is 5.30. The summed E-state index contributed by atoms with van der Waals surface area (Å²) in [5, 5.41) is 5.14. The van der Waals surface area contributed by atoms with Crippen LogP contribution in [0.4, 0.5) is 0 Å². The van der Waals surface area contributed by atoms with Gasteiger partial charge >= 0.3 is 0 Å². The fraction of sp³-hybridized carbons (Fsp3) is 0.667. The van der Waals surface area contributed by atoms with Crippen LogP contribution in [0.1, 0.15) is 25.5 Å². The highest BCUT2D eigenvalue weighted by molar-refractivity contribution is 6.87. The molecule has 0 bridgehead atoms. The Balaban J connectivity index is 2.92. The zero-order valence-corrected chi connectivity index (χ0v) is 9.51. The molecule has 1 aromatic heterocycles. The number of aromatic nitrogens is 1. The molecule has 2 nitrogen and oxygen atoms in total. The van der Waals surface area contributed by atoms with Crippen molar-refractivity contribution >= 4 is 13.5 Å². The molecule has 0 unspecified atom stereocenters. The zero-order valence-electron chi connectivity index (χ0n) is 8.51. The Morgan fingerprint density at radius 1 is 1.33 bits per heavy atom. The van der Waals surface area contributed by atoms with Gasteiger partial charge in [-0.05, 0) is 12.0 Å². The minimum atomic E-state index is -1.29. The SMILES string of the molecule is CC(C)c1cc([Si](C)(C)C)on1. The lowest BCUT2D eigenvalue weighted by atomic mass is 10.1. The van der Waals surface area contributed by atoms with Crippen molar-refractivity contribution < 1.29 is 4.52 Å². The summed E-state index contributed by atoms with van der Waals surface area (Å²) in [7, 11) is -1.29. The molecule has 0 aromatic carbocycles. The molecule has 1 aromatic rings. The first-order valence-corrected chi connectivity index (χ1v) is 7.88. The van der Waals surface area contributed by atoms with Crippen LogP contribution < -0.4 is 5.38 Å². The van der Waals surface area contributed by atoms with Crippen LogP contribution in [0, 0.1) is 0 Å². The Bertz CT molecular complexity index is 260. The molecule has 1 heterocycles. The summed E-state index contributed by atoms with van der Waals surface area (Å²) in [6.07, 6.45) is 0. The smallest absolute Gasteiger partial charge is 0.127 e. The van der Waals surface area contributed by atoms with E-state index in [1.54, 1.807) is 0 Å². The van der Waals surface area contributed by atoms with Crippen LogP contribution in [0.25, 0.3) is 0 Å². The van der Waals surface area contributed by atoms with E-state index in [1.807, 2.05) is 0 Å². The summed E-state index contributed by atoms with van der Waals surface area (Å²) in [6, 6.07) is 2.11. The maximum Gasteiger partial charge on any atom is 0.127 e. The highest BCUT2D eigenvalue weighted by Crippen LogP contribution is 2.12. The monoisotopic (exact) mass is 183 g/mol. The van der Waals surface area contributed by atoms with E-state index >= 15 is 0 Å². The summed E-state index contributed by atoms with van der Waals surface area (Å²) in [5.74, 6) is 0.471. The maximum atomic E-state index is 5.30. The van der Waals surface area contributed by atoms with Crippen molar-refractivity contribution in [2.24, 2.45) is 0 Å². The average Bonchev–Trinajstić information content (AvgIpc) is 2.30. The quantitative estimate of drug-likeness (QED) is 0.658. The molecule has 0 N–H and O–H groups in total. The van der Waals surface area contributed by atoms with Crippen LogP contribution in [0.5, 0.6) is 0 Å². The van der Waals surface area contributed by atoms with Crippen molar-refractivity contribution in [1.29, 1.82) is 0 Å². The van der Waals surface area contributed by atoms with Crippen molar-refractivity contribution in [3.8, 4) is 0 Å². The van der Waals surface area contributed by atoms with Crippen LogP contribution in [-0.4, -0.2) is 13.2 Å². The van der Waals surface area contributed by atoms with E-state index < -0.39 is 8.07 Å². The topological polar surface area (TPSA) is 26.0 Å². The Labute approximate surface area is 75.0 Å². The van der Waals surface area contributed by atoms with Crippen LogP contribution in [-0.2, 0) is 0 Å². The van der Waals surface area contributed by atoms with Crippen molar-refractivity contribution in [3.05, 3.63) is 11.8 Å². The van der Waals surface area contributed by atoms with E-state index in [-0.39, 0.29) is 0 Å². The molecule has 1 rings (SSSR count). The van der Waals surface area contributed by atoms with Gasteiger partial charge in [-0.1, -0.05) is 38.6 Å². The van der Waals surface area contributed by atoms with Gasteiger partial charge in [0.15, 0.2) is 0 Å². The van der Waals surface area contributed by atoms with E-state index in [2.05, 4.69) is 44.7 Å². The predicted molar refractivity (Wildman–Crippen MR) is 53.6 cm³/mol. The van der Waals surface area contributed by atoms with Gasteiger partial charge in [0.1, 0.15) is 13.5 Å². The van der Waals surface area contributed by atoms with Gasteiger partial charge in [-0.3, -0.25) is 0 Å². The molecule has 0 spiro atoms. The van der Waals surface area contributed by atoms with Gasteiger partial charge in [0.2, 0.25) is 0 Å². The standard InChI is InChI=1S/C9H17NOSi/c1-7(2)8-6-9(11-10-8)12(3,4)5/h6-7H,1-5H3. The lowest BCUT2D eigenvalue weighted by Crippen LogP contribution is -2.36. The molecule has 0 aliphatic rings. The normalized spacial score (nSPS) is 12.5. The lowest BCUT2D eigenvalue weighted by Gasteiger charge is -2.08. The molecule has 68 valence electrons. The summed E-state index contributed by atoms with van der Waals surface area (Å²) in [5.41, 5.74) is 1.08. The fourth-order valence-corrected chi connectivity index (χ4v) is 1.81. The Hall–Kier alpha value is -0.573. The van der Waals surface area contributed by atoms with E-state index in [9.17, 15) is 0 Å². The highest BCUT2D eigenvalue weighted by Gasteiger charge is 2.22. The first-order valence-electron chi connectivity index (χ1n) is 4.38. The molecular weight excluding hydrogens is 166 g/mol. The molecule has 0 saturated heterocycles. The third kappa shape index (κ3) is 1.97. The van der Waals surface area contributed by atoms with Gasteiger partial charge in [-0.25, -0.2) is 0 Å². The molecule has 0 amide bonds. The van der Waals surface area contributed by atoms with Crippen molar-refractivity contribution in [2.45, 2.75) is 39.4 Å². The lowest BCUT2D eigenvalue weighted by molar-refractivity contribution is 0.430. The molecule has 3 heteroatoms. The van der Waals surface area contributed by atoms with Gasteiger partial charge in [0.05, 0.1) is 5.69 Å². The average molecular weight is 183 g/mol. The largest absolute Gasteiger partial charge is 0.366 e. The molecule has 0 aliphatic heterocycles. The van der Waals surface area contributed by atoms with E-state index in [4.69, 9.17) is 4.52 Å². The fourth-order valence-electron chi connectivity index (χ4n) is 0.914. The van der Waals surface area contributed by atoms with Crippen LogP contribution in [0.2, 0.25) is 19.6 Å². The molecule has 0 aliphatic carbocycles. The summed E-state index contributed by atoms with van der Waals surface area (Å²) in [6.45, 7) is 11.0. The molecule has 0 atom stereocenters. The van der Waals surface area contributed by atoms with Gasteiger partial charge in [0, 0.05) is 0 Å². The summed E-state index contributed by atoms with van der Waals surface area (Å²) in [4.78, 5) is 0. The van der Waals surface area contributed by atoms with Gasteiger partial charge in [0.25, 0.3) is 0 Å². The Morgan fingerprint density at radius 2 is 1.92 bits per heavy atom. The number of nitrogens with zero attached hydrogens (tertiary/aromatic N) is 1. The van der Waals surface area contributed by atoms with Gasteiger partial charge in [-0.15, -0.1) is 0 Å².